The molecule has 1 heterocycles. The summed E-state index contributed by atoms with van der Waals surface area (Å²) in [7, 11) is 0. The minimum atomic E-state index is -2.66. The molecule has 0 unspecified atom stereocenters. The lowest BCUT2D eigenvalue weighted by molar-refractivity contribution is 0.152. The summed E-state index contributed by atoms with van der Waals surface area (Å²) in [5.41, 5.74) is 5.15. The fourth-order valence-corrected chi connectivity index (χ4v) is 1.30. The molecule has 0 aliphatic carbocycles. The zero-order valence-electron chi connectivity index (χ0n) is 6.40. The van der Waals surface area contributed by atoms with Crippen LogP contribution in [0.5, 0.6) is 0 Å². The van der Waals surface area contributed by atoms with Crippen LogP contribution >= 0.6 is 23.2 Å². The molecule has 0 aromatic carbocycles. The predicted molar refractivity (Wildman–Crippen MR) is 48.2 cm³/mol. The third kappa shape index (κ3) is 2.19. The van der Waals surface area contributed by atoms with Crippen LogP contribution in [0.4, 0.5) is 14.5 Å². The average molecular weight is 227 g/mol. The number of hydrogen-bond donors (Lipinski definition) is 1. The summed E-state index contributed by atoms with van der Waals surface area (Å²) >= 11 is 10.9. The van der Waals surface area contributed by atoms with E-state index in [0.717, 1.165) is 6.07 Å². The number of nitrogen functional groups attached to an aromatic ring is 1. The second kappa shape index (κ2) is 4.07. The first-order valence-corrected chi connectivity index (χ1v) is 4.26. The standard InChI is InChI=1S/C7H6Cl2F2N2/c8-2-4-6(12)3(7(10)11)1-5(9)13-4/h1,7H,2,12H2. The van der Waals surface area contributed by atoms with Gasteiger partial charge < -0.3 is 5.73 Å². The summed E-state index contributed by atoms with van der Waals surface area (Å²) in [4.78, 5) is 3.71. The van der Waals surface area contributed by atoms with E-state index in [1.807, 2.05) is 0 Å². The number of pyridine rings is 1. The molecule has 13 heavy (non-hydrogen) atoms. The molecule has 72 valence electrons. The van der Waals surface area contributed by atoms with Gasteiger partial charge in [-0.05, 0) is 6.07 Å². The lowest BCUT2D eigenvalue weighted by Gasteiger charge is -2.08. The van der Waals surface area contributed by atoms with Crippen LogP contribution in [-0.4, -0.2) is 4.98 Å². The Morgan fingerprint density at radius 3 is 2.62 bits per heavy atom. The molecule has 1 rings (SSSR count). The Hall–Kier alpha value is -0.610. The maximum absolute atomic E-state index is 12.3. The van der Waals surface area contributed by atoms with E-state index in [1.165, 1.54) is 0 Å². The number of nitrogens with two attached hydrogens (primary N) is 1. The highest BCUT2D eigenvalue weighted by molar-refractivity contribution is 6.29. The van der Waals surface area contributed by atoms with Crippen LogP contribution in [0.15, 0.2) is 6.07 Å². The zero-order chi connectivity index (χ0) is 10.0. The van der Waals surface area contributed by atoms with E-state index in [2.05, 4.69) is 4.98 Å². The van der Waals surface area contributed by atoms with Crippen LogP contribution in [0.2, 0.25) is 5.15 Å². The summed E-state index contributed by atoms with van der Waals surface area (Å²) in [6.07, 6.45) is -2.66. The Bertz CT molecular complexity index is 318. The second-order valence-corrected chi connectivity index (χ2v) is 2.98. The molecule has 0 bridgehead atoms. The molecule has 0 fully saturated rings. The van der Waals surface area contributed by atoms with E-state index in [9.17, 15) is 8.78 Å². The van der Waals surface area contributed by atoms with Gasteiger partial charge in [0, 0.05) is 5.56 Å². The molecule has 0 radical (unpaired) electrons. The van der Waals surface area contributed by atoms with Gasteiger partial charge >= 0.3 is 0 Å². The third-order valence-corrected chi connectivity index (χ3v) is 1.95. The number of nitrogens with zero attached hydrogens (tertiary/aromatic N) is 1. The Balaban J connectivity index is 3.27. The molecule has 2 N–H and O–H groups in total. The van der Waals surface area contributed by atoms with Gasteiger partial charge in [-0.2, -0.15) is 0 Å². The van der Waals surface area contributed by atoms with Crippen LogP contribution in [-0.2, 0) is 5.88 Å². The minimum Gasteiger partial charge on any atom is -0.397 e. The maximum Gasteiger partial charge on any atom is 0.266 e. The highest BCUT2D eigenvalue weighted by atomic mass is 35.5. The molecule has 0 saturated carbocycles. The number of alkyl halides is 3. The second-order valence-electron chi connectivity index (χ2n) is 2.33. The first-order valence-electron chi connectivity index (χ1n) is 3.35. The zero-order valence-corrected chi connectivity index (χ0v) is 7.91. The van der Waals surface area contributed by atoms with Crippen LogP contribution in [0.1, 0.15) is 17.7 Å². The monoisotopic (exact) mass is 226 g/mol. The molecular formula is C7H6Cl2F2N2. The number of rotatable bonds is 2. The van der Waals surface area contributed by atoms with Crippen LogP contribution in [0.3, 0.4) is 0 Å². The molecule has 1 aromatic rings. The van der Waals surface area contributed by atoms with Crippen molar-refractivity contribution in [1.29, 1.82) is 0 Å². The normalized spacial score (nSPS) is 10.8. The van der Waals surface area contributed by atoms with E-state index in [4.69, 9.17) is 28.9 Å². The highest BCUT2D eigenvalue weighted by Crippen LogP contribution is 2.29. The molecule has 0 spiro atoms. The molecule has 6 heteroatoms. The van der Waals surface area contributed by atoms with Crippen LogP contribution in [0, 0.1) is 0 Å². The summed E-state index contributed by atoms with van der Waals surface area (Å²) in [5.74, 6) is -0.0356. The summed E-state index contributed by atoms with van der Waals surface area (Å²) in [5, 5.41) is -0.0276. The van der Waals surface area contributed by atoms with E-state index in [-0.39, 0.29) is 28.0 Å². The quantitative estimate of drug-likeness (QED) is 0.622. The lowest BCUT2D eigenvalue weighted by Crippen LogP contribution is -2.02. The van der Waals surface area contributed by atoms with Crippen molar-refractivity contribution in [1.82, 2.24) is 4.98 Å². The van der Waals surface area contributed by atoms with E-state index < -0.39 is 6.43 Å². The number of halogens is 4. The molecule has 0 saturated heterocycles. The van der Waals surface area contributed by atoms with E-state index in [0.29, 0.717) is 0 Å². The predicted octanol–water partition coefficient (Wildman–Crippen LogP) is 2.99. The highest BCUT2D eigenvalue weighted by Gasteiger charge is 2.15. The Morgan fingerprint density at radius 2 is 2.15 bits per heavy atom. The topological polar surface area (TPSA) is 38.9 Å². The van der Waals surface area contributed by atoms with Crippen molar-refractivity contribution in [3.05, 3.63) is 22.5 Å². The SMILES string of the molecule is Nc1c(C(F)F)cc(Cl)nc1CCl. The van der Waals surface area contributed by atoms with Gasteiger partial charge in [0.1, 0.15) is 5.15 Å². The average Bonchev–Trinajstić information content (AvgIpc) is 2.08. The van der Waals surface area contributed by atoms with Gasteiger partial charge in [-0.15, -0.1) is 11.6 Å². The van der Waals surface area contributed by atoms with Gasteiger partial charge in [-0.1, -0.05) is 11.6 Å². The molecule has 0 aliphatic heterocycles. The minimum absolute atomic E-state index is 0.0276. The van der Waals surface area contributed by atoms with Gasteiger partial charge in [0.25, 0.3) is 6.43 Å². The first-order chi connectivity index (χ1) is 6.06. The maximum atomic E-state index is 12.3. The molecular weight excluding hydrogens is 221 g/mol. The van der Waals surface area contributed by atoms with Gasteiger partial charge in [-0.25, -0.2) is 13.8 Å². The van der Waals surface area contributed by atoms with Gasteiger partial charge in [0.2, 0.25) is 0 Å². The van der Waals surface area contributed by atoms with Crippen molar-refractivity contribution >= 4 is 28.9 Å². The largest absolute Gasteiger partial charge is 0.397 e. The fourth-order valence-electron chi connectivity index (χ4n) is 0.877. The Kier molecular flexibility index (Phi) is 3.27. The summed E-state index contributed by atoms with van der Waals surface area (Å²) < 4.78 is 24.6. The smallest absolute Gasteiger partial charge is 0.266 e. The summed E-state index contributed by atoms with van der Waals surface area (Å²) in [6.45, 7) is 0. The first kappa shape index (κ1) is 10.5. The molecule has 1 aromatic heterocycles. The fraction of sp³-hybridized carbons (Fsp3) is 0.286. The van der Waals surface area contributed by atoms with Gasteiger partial charge in [-0.3, -0.25) is 0 Å². The van der Waals surface area contributed by atoms with Crippen LogP contribution < -0.4 is 5.73 Å². The number of aromatic nitrogens is 1. The Morgan fingerprint density at radius 1 is 1.54 bits per heavy atom. The molecule has 0 amide bonds. The number of anilines is 1. The van der Waals surface area contributed by atoms with Gasteiger partial charge in [0.15, 0.2) is 0 Å². The summed E-state index contributed by atoms with van der Waals surface area (Å²) in [6, 6.07) is 1.04. The van der Waals surface area contributed by atoms with Crippen molar-refractivity contribution in [2.45, 2.75) is 12.3 Å². The van der Waals surface area contributed by atoms with Crippen molar-refractivity contribution in [2.75, 3.05) is 5.73 Å². The Labute approximate surface area is 83.7 Å². The van der Waals surface area contributed by atoms with E-state index in [1.54, 1.807) is 0 Å². The van der Waals surface area contributed by atoms with Crippen LogP contribution in [0.25, 0.3) is 0 Å². The van der Waals surface area contributed by atoms with Crippen molar-refractivity contribution in [3.8, 4) is 0 Å². The van der Waals surface area contributed by atoms with Crippen molar-refractivity contribution in [2.24, 2.45) is 0 Å². The van der Waals surface area contributed by atoms with Gasteiger partial charge in [0.05, 0.1) is 17.3 Å². The molecule has 0 atom stereocenters. The molecule has 2 nitrogen and oxygen atoms in total. The third-order valence-electron chi connectivity index (χ3n) is 1.50. The van der Waals surface area contributed by atoms with E-state index >= 15 is 0 Å². The van der Waals surface area contributed by atoms with Crippen molar-refractivity contribution in [3.63, 3.8) is 0 Å². The lowest BCUT2D eigenvalue weighted by atomic mass is 10.2. The molecule has 0 aliphatic rings. The van der Waals surface area contributed by atoms with Crippen molar-refractivity contribution < 1.29 is 8.78 Å². The number of hydrogen-bond acceptors (Lipinski definition) is 2.